The highest BCUT2D eigenvalue weighted by Gasteiger charge is 2.46. The Morgan fingerprint density at radius 3 is 2.21 bits per heavy atom. The largest absolute Gasteiger partial charge is 0.453 e. The van der Waals surface area contributed by atoms with Gasteiger partial charge in [-0.3, -0.25) is 0 Å². The van der Waals surface area contributed by atoms with Gasteiger partial charge in [-0.2, -0.15) is 0 Å². The molecule has 2 aliphatic rings. The lowest BCUT2D eigenvalue weighted by Crippen LogP contribution is -2.52. The Hall–Kier alpha value is -1.40. The number of piperidine rings is 1. The van der Waals surface area contributed by atoms with E-state index in [9.17, 15) is 9.00 Å². The maximum atomic E-state index is 12.8. The van der Waals surface area contributed by atoms with Gasteiger partial charge in [0.05, 0.1) is 22.8 Å². The van der Waals surface area contributed by atoms with Crippen LogP contribution in [0.4, 0.5) is 4.79 Å². The summed E-state index contributed by atoms with van der Waals surface area (Å²) in [7, 11) is 0.339. The second-order valence-electron chi connectivity index (χ2n) is 8.79. The van der Waals surface area contributed by atoms with Crippen molar-refractivity contribution in [1.29, 1.82) is 0 Å². The van der Waals surface area contributed by atoms with Crippen LogP contribution in [0, 0.1) is 5.92 Å². The van der Waals surface area contributed by atoms with Crippen LogP contribution in [-0.4, -0.2) is 45.2 Å². The summed E-state index contributed by atoms with van der Waals surface area (Å²) in [6.07, 6.45) is 4.61. The first-order chi connectivity index (χ1) is 13.8. The van der Waals surface area contributed by atoms with Crippen LogP contribution in [0.15, 0.2) is 30.3 Å². The van der Waals surface area contributed by atoms with Gasteiger partial charge in [-0.15, -0.1) is 0 Å². The van der Waals surface area contributed by atoms with Crippen LogP contribution in [-0.2, 0) is 22.1 Å². The number of amides is 1. The number of hydrogen-bond acceptors (Lipinski definition) is 3. The number of rotatable bonds is 5. The zero-order valence-corrected chi connectivity index (χ0v) is 19.6. The van der Waals surface area contributed by atoms with Crippen molar-refractivity contribution in [2.75, 3.05) is 7.11 Å². The molecule has 1 unspecified atom stereocenters. The van der Waals surface area contributed by atoms with Crippen molar-refractivity contribution in [2.45, 2.75) is 89.6 Å². The van der Waals surface area contributed by atoms with Crippen molar-refractivity contribution in [3.05, 3.63) is 35.9 Å². The molecule has 1 N–H and O–H groups in total. The molecule has 0 radical (unpaired) electrons. The lowest BCUT2D eigenvalue weighted by atomic mass is 9.83. The summed E-state index contributed by atoms with van der Waals surface area (Å²) in [6, 6.07) is 11.0. The number of nitrogens with zero attached hydrogens (tertiary/aromatic N) is 1. The predicted octanol–water partition coefficient (Wildman–Crippen LogP) is 4.69. The first-order valence-corrected chi connectivity index (χ1v) is 12.0. The molecule has 2 aliphatic heterocycles. The fraction of sp³-hybridized carbons (Fsp3) is 0.696. The second kappa shape index (κ2) is 10.6. The Morgan fingerprint density at radius 1 is 1.17 bits per heavy atom. The Morgan fingerprint density at radius 2 is 1.72 bits per heavy atom. The minimum absolute atomic E-state index is 0.135. The van der Waals surface area contributed by atoms with E-state index in [2.05, 4.69) is 29.0 Å². The van der Waals surface area contributed by atoms with Crippen LogP contribution in [0.25, 0.3) is 0 Å². The third-order valence-electron chi connectivity index (χ3n) is 5.84. The summed E-state index contributed by atoms with van der Waals surface area (Å²) in [4.78, 5) is 14.1. The summed E-state index contributed by atoms with van der Waals surface area (Å²) in [5.74, 6) is 0.398. The average molecular weight is 423 g/mol. The molecule has 0 aliphatic carbocycles. The second-order valence-corrected chi connectivity index (χ2v) is 10.8. The van der Waals surface area contributed by atoms with Gasteiger partial charge in [0.1, 0.15) is 0 Å². The van der Waals surface area contributed by atoms with E-state index < -0.39 is 11.0 Å². The zero-order valence-electron chi connectivity index (χ0n) is 18.8. The summed E-state index contributed by atoms with van der Waals surface area (Å²) in [6.45, 7) is 10.00. The molecule has 0 saturated carbocycles. The molecule has 2 bridgehead atoms. The number of methoxy groups -OCH3 is 1. The van der Waals surface area contributed by atoms with Gasteiger partial charge in [-0.25, -0.2) is 13.7 Å². The van der Waals surface area contributed by atoms with Gasteiger partial charge in [0.15, 0.2) is 0 Å². The average Bonchev–Trinajstić information content (AvgIpc) is 2.97. The van der Waals surface area contributed by atoms with Crippen molar-refractivity contribution in [1.82, 2.24) is 9.62 Å². The molecular weight excluding hydrogens is 384 g/mol. The first kappa shape index (κ1) is 23.9. The lowest BCUT2D eigenvalue weighted by Gasteiger charge is -2.41. The summed E-state index contributed by atoms with van der Waals surface area (Å²) in [5.41, 5.74) is 1.25. The molecule has 2 saturated heterocycles. The molecule has 2 heterocycles. The molecule has 2 fully saturated rings. The standard InChI is InChI=1S/C21H32N2O3S.C2H6/c1-21(2,3)27(25)22-19(12-15-8-6-5-7-9-15)16-13-17-10-11-18(14-16)23(17)20(24)26-4;1-2/h5-9,16-19,22H,10-14H2,1-4H3;1-2H3/t16?,17-,18+,19-,27-;/m0./s1. The third-order valence-corrected chi connectivity index (χ3v) is 7.47. The number of hydrogen-bond donors (Lipinski definition) is 1. The molecule has 0 spiro atoms. The van der Waals surface area contributed by atoms with Gasteiger partial charge >= 0.3 is 6.09 Å². The summed E-state index contributed by atoms with van der Waals surface area (Å²) < 4.78 is 20.9. The molecule has 5 nitrogen and oxygen atoms in total. The highest BCUT2D eigenvalue weighted by Crippen LogP contribution is 2.41. The normalized spacial score (nSPS) is 25.6. The molecule has 6 heteroatoms. The molecular formula is C23H38N2O3S. The van der Waals surface area contributed by atoms with Crippen LogP contribution in [0.1, 0.15) is 65.9 Å². The number of carbonyl (C=O) groups excluding carboxylic acids is 1. The number of carbonyl (C=O) groups is 1. The van der Waals surface area contributed by atoms with Gasteiger partial charge < -0.3 is 9.64 Å². The Bertz CT molecular complexity index is 660. The zero-order chi connectivity index (χ0) is 21.6. The highest BCUT2D eigenvalue weighted by molar-refractivity contribution is 7.84. The van der Waals surface area contributed by atoms with Crippen LogP contribution >= 0.6 is 0 Å². The van der Waals surface area contributed by atoms with Crippen molar-refractivity contribution >= 4 is 17.1 Å². The van der Waals surface area contributed by atoms with E-state index >= 15 is 0 Å². The van der Waals surface area contributed by atoms with E-state index in [0.29, 0.717) is 5.92 Å². The Kier molecular flexibility index (Phi) is 8.71. The number of nitrogens with one attached hydrogen (secondary N) is 1. The number of fused-ring (bicyclic) bond motifs is 2. The van der Waals surface area contributed by atoms with E-state index in [4.69, 9.17) is 4.74 Å². The van der Waals surface area contributed by atoms with Crippen LogP contribution in [0.5, 0.6) is 0 Å². The van der Waals surface area contributed by atoms with Gasteiger partial charge in [-0.1, -0.05) is 44.2 Å². The fourth-order valence-corrected chi connectivity index (χ4v) is 5.34. The van der Waals surface area contributed by atoms with Gasteiger partial charge in [0.25, 0.3) is 0 Å². The molecule has 29 heavy (non-hydrogen) atoms. The predicted molar refractivity (Wildman–Crippen MR) is 120 cm³/mol. The van der Waals surface area contributed by atoms with Gasteiger partial charge in [0.2, 0.25) is 0 Å². The minimum Gasteiger partial charge on any atom is -0.453 e. The SMILES string of the molecule is CC.COC(=O)N1[C@@H]2CC[C@H]1CC([C@H](Cc1ccccc1)N[S@@](=O)C(C)(C)C)C2. The van der Waals surface area contributed by atoms with Gasteiger partial charge in [0, 0.05) is 18.1 Å². The van der Waals surface area contributed by atoms with Crippen molar-refractivity contribution < 1.29 is 13.7 Å². The molecule has 5 atom stereocenters. The maximum Gasteiger partial charge on any atom is 0.409 e. The van der Waals surface area contributed by atoms with Crippen LogP contribution in [0.2, 0.25) is 0 Å². The Balaban J connectivity index is 0.00000145. The van der Waals surface area contributed by atoms with Crippen LogP contribution in [0.3, 0.4) is 0 Å². The van der Waals surface area contributed by atoms with Crippen molar-refractivity contribution in [3.63, 3.8) is 0 Å². The highest BCUT2D eigenvalue weighted by atomic mass is 32.2. The molecule has 1 amide bonds. The maximum absolute atomic E-state index is 12.8. The lowest BCUT2D eigenvalue weighted by molar-refractivity contribution is 0.0651. The smallest absolute Gasteiger partial charge is 0.409 e. The van der Waals surface area contributed by atoms with Gasteiger partial charge in [-0.05, 0) is 64.4 Å². The fourth-order valence-electron chi connectivity index (χ4n) is 4.44. The van der Waals surface area contributed by atoms with E-state index in [-0.39, 0.29) is 29.0 Å². The molecule has 0 aromatic heterocycles. The Labute approximate surface area is 179 Å². The molecule has 1 aromatic carbocycles. The molecule has 1 aromatic rings. The monoisotopic (exact) mass is 422 g/mol. The summed E-state index contributed by atoms with van der Waals surface area (Å²) >= 11 is 0. The number of benzene rings is 1. The summed E-state index contributed by atoms with van der Waals surface area (Å²) in [5, 5.41) is 0. The van der Waals surface area contributed by atoms with Crippen molar-refractivity contribution in [2.24, 2.45) is 5.92 Å². The topological polar surface area (TPSA) is 58.6 Å². The minimum atomic E-state index is -1.12. The van der Waals surface area contributed by atoms with E-state index in [1.807, 2.05) is 45.6 Å². The third kappa shape index (κ3) is 6.05. The van der Waals surface area contributed by atoms with Crippen molar-refractivity contribution in [3.8, 4) is 0 Å². The number of ether oxygens (including phenoxy) is 1. The molecule has 164 valence electrons. The van der Waals surface area contributed by atoms with Crippen LogP contribution < -0.4 is 4.72 Å². The van der Waals surface area contributed by atoms with E-state index in [1.165, 1.54) is 12.7 Å². The van der Waals surface area contributed by atoms with E-state index in [0.717, 1.165) is 32.1 Å². The molecule has 3 rings (SSSR count). The van der Waals surface area contributed by atoms with E-state index in [1.54, 1.807) is 0 Å². The first-order valence-electron chi connectivity index (χ1n) is 10.9. The quantitative estimate of drug-likeness (QED) is 0.749.